The van der Waals surface area contributed by atoms with Gasteiger partial charge in [-0.1, -0.05) is 27.7 Å². The Morgan fingerprint density at radius 2 is 1.32 bits per heavy atom. The predicted molar refractivity (Wildman–Crippen MR) is 74.8 cm³/mol. The summed E-state index contributed by atoms with van der Waals surface area (Å²) < 4.78 is 5.18. The van der Waals surface area contributed by atoms with Crippen molar-refractivity contribution in [1.82, 2.24) is 0 Å². The molecule has 112 valence electrons. The fraction of sp³-hybridized carbons (Fsp3) is 0.867. The fourth-order valence-corrected chi connectivity index (χ4v) is 2.47. The Balaban J connectivity index is 4.84. The van der Waals surface area contributed by atoms with Crippen molar-refractivity contribution in [2.24, 2.45) is 23.7 Å². The van der Waals surface area contributed by atoms with E-state index in [9.17, 15) is 9.59 Å². The molecule has 19 heavy (non-hydrogen) atoms. The van der Waals surface area contributed by atoms with Gasteiger partial charge in [-0.05, 0) is 37.5 Å². The Morgan fingerprint density at radius 3 is 1.63 bits per heavy atom. The first-order chi connectivity index (χ1) is 8.65. The van der Waals surface area contributed by atoms with Crippen molar-refractivity contribution in [3.05, 3.63) is 0 Å². The molecule has 0 saturated heterocycles. The molecule has 0 bridgehead atoms. The number of carboxylic acids is 1. The van der Waals surface area contributed by atoms with Gasteiger partial charge in [-0.25, -0.2) is 0 Å². The molecule has 4 heteroatoms. The minimum atomic E-state index is -0.804. The molecule has 0 aromatic rings. The molecule has 0 radical (unpaired) electrons. The Kier molecular flexibility index (Phi) is 7.72. The summed E-state index contributed by atoms with van der Waals surface area (Å²) in [5.41, 5.74) is 0. The van der Waals surface area contributed by atoms with Gasteiger partial charge in [0.2, 0.25) is 0 Å². The third-order valence-corrected chi connectivity index (χ3v) is 3.44. The lowest BCUT2D eigenvalue weighted by Crippen LogP contribution is -2.30. The topological polar surface area (TPSA) is 63.6 Å². The van der Waals surface area contributed by atoms with Gasteiger partial charge >= 0.3 is 11.9 Å². The van der Waals surface area contributed by atoms with Gasteiger partial charge in [0.15, 0.2) is 0 Å². The lowest BCUT2D eigenvalue weighted by Gasteiger charge is -2.31. The predicted octanol–water partition coefficient (Wildman–Crippen LogP) is 3.35. The monoisotopic (exact) mass is 272 g/mol. The van der Waals surface area contributed by atoms with Crippen molar-refractivity contribution in [2.45, 2.75) is 60.5 Å². The van der Waals surface area contributed by atoms with Crippen molar-refractivity contribution in [1.29, 1.82) is 0 Å². The third-order valence-electron chi connectivity index (χ3n) is 3.44. The second-order valence-corrected chi connectivity index (χ2v) is 6.16. The fourth-order valence-electron chi connectivity index (χ4n) is 2.47. The van der Waals surface area contributed by atoms with Gasteiger partial charge in [0.05, 0.1) is 6.10 Å². The van der Waals surface area contributed by atoms with Gasteiger partial charge in [-0.15, -0.1) is 0 Å². The maximum Gasteiger partial charge on any atom is 0.306 e. The van der Waals surface area contributed by atoms with Crippen molar-refractivity contribution in [3.8, 4) is 0 Å². The first-order valence-electron chi connectivity index (χ1n) is 7.06. The number of esters is 1. The molecule has 0 saturated carbocycles. The highest BCUT2D eigenvalue weighted by Gasteiger charge is 2.31. The Labute approximate surface area is 116 Å². The van der Waals surface area contributed by atoms with E-state index in [1.807, 2.05) is 41.5 Å². The molecule has 0 aliphatic heterocycles. The van der Waals surface area contributed by atoms with Crippen LogP contribution in [0.15, 0.2) is 0 Å². The summed E-state index contributed by atoms with van der Waals surface area (Å²) in [6, 6.07) is 0. The highest BCUT2D eigenvalue weighted by atomic mass is 16.5. The maximum atomic E-state index is 11.8. The van der Waals surface area contributed by atoms with Crippen LogP contribution in [0.3, 0.4) is 0 Å². The van der Waals surface area contributed by atoms with E-state index < -0.39 is 5.97 Å². The largest absolute Gasteiger partial charge is 0.481 e. The number of aliphatic carboxylic acids is 1. The SMILES string of the molecule is CC(C)OC(=O)CC(C(C)C)C(CC(=O)O)C(C)C. The molecule has 1 N–H and O–H groups in total. The molecule has 2 atom stereocenters. The summed E-state index contributed by atoms with van der Waals surface area (Å²) in [4.78, 5) is 22.8. The van der Waals surface area contributed by atoms with Gasteiger partial charge in [-0.3, -0.25) is 9.59 Å². The molecule has 2 unspecified atom stereocenters. The number of hydrogen-bond acceptors (Lipinski definition) is 3. The molecule has 0 aromatic heterocycles. The van der Waals surface area contributed by atoms with Crippen LogP contribution in [-0.2, 0) is 14.3 Å². The molecule has 0 fully saturated rings. The summed E-state index contributed by atoms with van der Waals surface area (Å²) in [6.07, 6.45) is 0.277. The van der Waals surface area contributed by atoms with Gasteiger partial charge < -0.3 is 9.84 Å². The number of ether oxygens (including phenoxy) is 1. The molecular weight excluding hydrogens is 244 g/mol. The van der Waals surface area contributed by atoms with Gasteiger partial charge in [0.1, 0.15) is 0 Å². The molecule has 4 nitrogen and oxygen atoms in total. The van der Waals surface area contributed by atoms with Crippen molar-refractivity contribution in [2.75, 3.05) is 0 Å². The Hall–Kier alpha value is -1.06. The standard InChI is InChI=1S/C15H28O4/c1-9(2)12(7-14(16)17)13(10(3)4)8-15(18)19-11(5)6/h9-13H,7-8H2,1-6H3,(H,16,17). The van der Waals surface area contributed by atoms with E-state index in [4.69, 9.17) is 9.84 Å². The van der Waals surface area contributed by atoms with Crippen LogP contribution in [0.1, 0.15) is 54.4 Å². The van der Waals surface area contributed by atoms with Gasteiger partial charge in [0, 0.05) is 12.8 Å². The molecule has 0 amide bonds. The smallest absolute Gasteiger partial charge is 0.306 e. The number of carbonyl (C=O) groups is 2. The van der Waals surface area contributed by atoms with Crippen LogP contribution in [0.25, 0.3) is 0 Å². The van der Waals surface area contributed by atoms with E-state index in [0.29, 0.717) is 6.42 Å². The van der Waals surface area contributed by atoms with Crippen LogP contribution in [0.4, 0.5) is 0 Å². The van der Waals surface area contributed by atoms with E-state index >= 15 is 0 Å². The summed E-state index contributed by atoms with van der Waals surface area (Å²) in [6.45, 7) is 11.7. The minimum absolute atomic E-state index is 0.00258. The van der Waals surface area contributed by atoms with E-state index in [1.54, 1.807) is 0 Å². The first-order valence-corrected chi connectivity index (χ1v) is 7.06. The Morgan fingerprint density at radius 1 is 0.895 bits per heavy atom. The van der Waals surface area contributed by atoms with Crippen LogP contribution >= 0.6 is 0 Å². The van der Waals surface area contributed by atoms with E-state index in [-0.39, 0.29) is 42.2 Å². The number of rotatable bonds is 8. The summed E-state index contributed by atoms with van der Waals surface area (Å²) in [7, 11) is 0. The average molecular weight is 272 g/mol. The molecule has 0 aromatic carbocycles. The number of carboxylic acid groups (broad SMARTS) is 1. The number of carbonyl (C=O) groups excluding carboxylic acids is 1. The third kappa shape index (κ3) is 7.19. The second kappa shape index (κ2) is 8.18. The highest BCUT2D eigenvalue weighted by Crippen LogP contribution is 2.33. The van der Waals surface area contributed by atoms with Crippen molar-refractivity contribution < 1.29 is 19.4 Å². The van der Waals surface area contributed by atoms with Crippen LogP contribution in [-0.4, -0.2) is 23.1 Å². The highest BCUT2D eigenvalue weighted by molar-refractivity contribution is 5.70. The lowest BCUT2D eigenvalue weighted by atomic mass is 9.74. The van der Waals surface area contributed by atoms with Crippen LogP contribution in [0, 0.1) is 23.7 Å². The molecule has 0 heterocycles. The van der Waals surface area contributed by atoms with E-state index in [1.165, 1.54) is 0 Å². The van der Waals surface area contributed by atoms with Gasteiger partial charge in [-0.2, -0.15) is 0 Å². The van der Waals surface area contributed by atoms with Crippen molar-refractivity contribution in [3.63, 3.8) is 0 Å². The summed E-state index contributed by atoms with van der Waals surface area (Å²) in [5, 5.41) is 9.03. The molecule has 0 rings (SSSR count). The zero-order valence-electron chi connectivity index (χ0n) is 13.0. The van der Waals surface area contributed by atoms with E-state index in [0.717, 1.165) is 0 Å². The molecule has 0 aliphatic rings. The molecule has 0 aliphatic carbocycles. The first kappa shape index (κ1) is 17.9. The quantitative estimate of drug-likeness (QED) is 0.688. The normalized spacial score (nSPS) is 14.8. The van der Waals surface area contributed by atoms with Gasteiger partial charge in [0.25, 0.3) is 0 Å². The Bertz CT molecular complexity index is 295. The van der Waals surface area contributed by atoms with Crippen molar-refractivity contribution >= 4 is 11.9 Å². The zero-order valence-corrected chi connectivity index (χ0v) is 13.0. The number of hydrogen-bond donors (Lipinski definition) is 1. The van der Waals surface area contributed by atoms with Crippen LogP contribution < -0.4 is 0 Å². The second-order valence-electron chi connectivity index (χ2n) is 6.16. The zero-order chi connectivity index (χ0) is 15.2. The summed E-state index contributed by atoms with van der Waals surface area (Å²) in [5.74, 6) is -0.507. The molecule has 0 spiro atoms. The minimum Gasteiger partial charge on any atom is -0.481 e. The maximum absolute atomic E-state index is 11.8. The molecular formula is C15H28O4. The van der Waals surface area contributed by atoms with Crippen LogP contribution in [0.2, 0.25) is 0 Å². The van der Waals surface area contributed by atoms with E-state index in [2.05, 4.69) is 0 Å². The van der Waals surface area contributed by atoms with Crippen LogP contribution in [0.5, 0.6) is 0 Å². The lowest BCUT2D eigenvalue weighted by molar-refractivity contribution is -0.151. The summed E-state index contributed by atoms with van der Waals surface area (Å²) >= 11 is 0. The average Bonchev–Trinajstić information content (AvgIpc) is 2.20.